The number of aryl methyl sites for hydroxylation is 3. The number of amides is 4. The van der Waals surface area contributed by atoms with Crippen LogP contribution < -0.4 is 10.6 Å². The second kappa shape index (κ2) is 20.4. The number of β-amino-alcohol motifs (C(OH)–C–C–N with tert-alkyl or cyclic N) is 1. The number of hydrogen-bond acceptors (Lipinski definition) is 14. The number of ether oxygens (including phenoxy) is 1. The SMILES string of the molecule is CC[C@@H](C(=O)N1C[C@H](O)C[C@H]1C(=O)NCc1ccc(-c2scnc2C)cc1)c1cc(CO[C@@H]2C[C@@H](C(=O)NCc3ccc(-c4ocnc4C)cc3)N(C(=O)[C@@H](c3cc(C)no3)C(C)(C)C)C2)no1. The summed E-state index contributed by atoms with van der Waals surface area (Å²) in [6.45, 7) is 13.9. The highest BCUT2D eigenvalue weighted by Gasteiger charge is 2.47. The summed E-state index contributed by atoms with van der Waals surface area (Å²) in [7, 11) is 0. The second-order valence-electron chi connectivity index (χ2n) is 18.8. The molecule has 0 spiro atoms. The molecule has 6 atom stereocenters. The van der Waals surface area contributed by atoms with Gasteiger partial charge in [-0.3, -0.25) is 19.2 Å². The van der Waals surface area contributed by atoms with Gasteiger partial charge in [0, 0.05) is 56.7 Å². The molecule has 6 aromatic rings. The minimum Gasteiger partial charge on any atom is -0.443 e. The fourth-order valence-electron chi connectivity index (χ4n) is 9.10. The number of likely N-dealkylation sites (tertiary alicyclic amines) is 2. The molecule has 2 aliphatic heterocycles. The number of aromatic nitrogens is 4. The maximum absolute atomic E-state index is 14.6. The molecule has 18 heteroatoms. The Morgan fingerprint density at radius 2 is 1.44 bits per heavy atom. The number of hydrogen-bond donors (Lipinski definition) is 3. The number of carbonyl (C=O) groups is 4. The van der Waals surface area contributed by atoms with Crippen LogP contribution in [0.15, 0.2) is 86.0 Å². The van der Waals surface area contributed by atoms with E-state index in [0.717, 1.165) is 38.5 Å². The lowest BCUT2D eigenvalue weighted by Crippen LogP contribution is -2.49. The first-order chi connectivity index (χ1) is 32.6. The number of thiazole rings is 1. The average molecular weight is 947 g/mol. The number of nitrogens with one attached hydrogen (secondary N) is 2. The summed E-state index contributed by atoms with van der Waals surface area (Å²) in [6.07, 6.45) is 0.665. The number of aliphatic hydroxyl groups is 1. The van der Waals surface area contributed by atoms with E-state index in [2.05, 4.69) is 30.9 Å². The Morgan fingerprint density at radius 1 is 0.809 bits per heavy atom. The molecule has 2 saturated heterocycles. The van der Waals surface area contributed by atoms with Crippen LogP contribution in [0, 0.1) is 26.2 Å². The van der Waals surface area contributed by atoms with Crippen molar-refractivity contribution < 1.29 is 42.5 Å². The molecule has 2 aromatic carbocycles. The van der Waals surface area contributed by atoms with Crippen molar-refractivity contribution in [1.82, 2.24) is 40.7 Å². The number of aliphatic hydroxyl groups excluding tert-OH is 1. The molecular weight excluding hydrogens is 889 g/mol. The molecule has 68 heavy (non-hydrogen) atoms. The van der Waals surface area contributed by atoms with Gasteiger partial charge in [-0.2, -0.15) is 0 Å². The predicted octanol–water partition coefficient (Wildman–Crippen LogP) is 6.77. The van der Waals surface area contributed by atoms with Gasteiger partial charge in [0.1, 0.15) is 35.2 Å². The van der Waals surface area contributed by atoms with Crippen molar-refractivity contribution in [3.8, 4) is 21.8 Å². The van der Waals surface area contributed by atoms with Gasteiger partial charge in [-0.25, -0.2) is 9.97 Å². The summed E-state index contributed by atoms with van der Waals surface area (Å²) in [5, 5.41) is 24.9. The average Bonchev–Trinajstić information content (AvgIpc) is 4.19. The molecule has 0 radical (unpaired) electrons. The van der Waals surface area contributed by atoms with Gasteiger partial charge in [0.2, 0.25) is 23.6 Å². The van der Waals surface area contributed by atoms with Gasteiger partial charge in [0.15, 0.2) is 12.2 Å². The first-order valence-electron chi connectivity index (χ1n) is 22.9. The number of rotatable bonds is 16. The van der Waals surface area contributed by atoms with Gasteiger partial charge in [0.25, 0.3) is 0 Å². The molecule has 2 fully saturated rings. The van der Waals surface area contributed by atoms with E-state index in [1.165, 1.54) is 11.3 Å². The molecule has 0 bridgehead atoms. The van der Waals surface area contributed by atoms with Crippen molar-refractivity contribution in [2.75, 3.05) is 13.1 Å². The largest absolute Gasteiger partial charge is 0.443 e. The van der Waals surface area contributed by atoms with E-state index < -0.39 is 41.5 Å². The van der Waals surface area contributed by atoms with E-state index in [9.17, 15) is 24.3 Å². The second-order valence-corrected chi connectivity index (χ2v) is 19.6. The highest BCUT2D eigenvalue weighted by Crippen LogP contribution is 2.39. The van der Waals surface area contributed by atoms with E-state index in [0.29, 0.717) is 35.1 Å². The fraction of sp³-hybridized carbons (Fsp3) is 0.440. The third-order valence-corrected chi connectivity index (χ3v) is 13.7. The molecule has 0 unspecified atom stereocenters. The van der Waals surface area contributed by atoms with Crippen LogP contribution in [0.1, 0.15) is 104 Å². The maximum Gasteiger partial charge on any atom is 0.243 e. The number of oxazole rings is 1. The lowest BCUT2D eigenvalue weighted by atomic mass is 9.78. The van der Waals surface area contributed by atoms with Crippen molar-refractivity contribution in [2.45, 2.75) is 124 Å². The Kier molecular flexibility index (Phi) is 14.4. The van der Waals surface area contributed by atoms with Crippen molar-refractivity contribution in [1.29, 1.82) is 0 Å². The lowest BCUT2D eigenvalue weighted by molar-refractivity contribution is -0.142. The predicted molar refractivity (Wildman–Crippen MR) is 250 cm³/mol. The zero-order chi connectivity index (χ0) is 48.3. The Bertz CT molecular complexity index is 2720. The van der Waals surface area contributed by atoms with Crippen LogP contribution in [-0.4, -0.2) is 96.2 Å². The van der Waals surface area contributed by atoms with Gasteiger partial charge in [-0.1, -0.05) is 86.5 Å². The van der Waals surface area contributed by atoms with Gasteiger partial charge in [-0.15, -0.1) is 11.3 Å². The van der Waals surface area contributed by atoms with Crippen LogP contribution in [0.3, 0.4) is 0 Å². The fourth-order valence-corrected chi connectivity index (χ4v) is 9.91. The molecule has 17 nitrogen and oxygen atoms in total. The van der Waals surface area contributed by atoms with Crippen molar-refractivity contribution in [3.05, 3.63) is 118 Å². The Morgan fingerprint density at radius 3 is 2.01 bits per heavy atom. The molecule has 4 amide bonds. The quantitative estimate of drug-likeness (QED) is 0.0914. The first kappa shape index (κ1) is 48.0. The third kappa shape index (κ3) is 10.6. The summed E-state index contributed by atoms with van der Waals surface area (Å²) in [4.78, 5) is 68.9. The minimum absolute atomic E-state index is 0.00782. The number of carbonyl (C=O) groups excluding carboxylic acids is 4. The van der Waals surface area contributed by atoms with Crippen LogP contribution in [-0.2, 0) is 43.6 Å². The van der Waals surface area contributed by atoms with Crippen molar-refractivity contribution in [3.63, 3.8) is 0 Å². The topological polar surface area (TPSA) is 219 Å². The zero-order valence-electron chi connectivity index (χ0n) is 39.4. The Labute approximate surface area is 398 Å². The molecular formula is C50H58N8O9S. The summed E-state index contributed by atoms with van der Waals surface area (Å²) in [5.74, 6) is -1.43. The van der Waals surface area contributed by atoms with E-state index in [1.54, 1.807) is 35.3 Å². The van der Waals surface area contributed by atoms with E-state index >= 15 is 0 Å². The van der Waals surface area contributed by atoms with E-state index in [4.69, 9.17) is 18.2 Å². The summed E-state index contributed by atoms with van der Waals surface area (Å²) >= 11 is 1.57. The molecule has 8 rings (SSSR count). The smallest absolute Gasteiger partial charge is 0.243 e. The zero-order valence-corrected chi connectivity index (χ0v) is 40.2. The Balaban J connectivity index is 0.912. The number of benzene rings is 2. The molecule has 3 N–H and O–H groups in total. The van der Waals surface area contributed by atoms with Gasteiger partial charge in [-0.05, 0) is 49.3 Å². The van der Waals surface area contributed by atoms with Crippen LogP contribution in [0.4, 0.5) is 0 Å². The maximum atomic E-state index is 14.6. The van der Waals surface area contributed by atoms with E-state index in [1.807, 2.05) is 95.6 Å². The van der Waals surface area contributed by atoms with E-state index in [-0.39, 0.29) is 69.3 Å². The van der Waals surface area contributed by atoms with Crippen molar-refractivity contribution in [2.24, 2.45) is 5.41 Å². The molecule has 4 aromatic heterocycles. The summed E-state index contributed by atoms with van der Waals surface area (Å²) < 4.78 is 23.3. The molecule has 358 valence electrons. The van der Waals surface area contributed by atoms with Crippen LogP contribution in [0.5, 0.6) is 0 Å². The van der Waals surface area contributed by atoms with Gasteiger partial charge >= 0.3 is 0 Å². The Hall–Kier alpha value is -6.50. The molecule has 0 saturated carbocycles. The third-order valence-electron chi connectivity index (χ3n) is 12.7. The summed E-state index contributed by atoms with van der Waals surface area (Å²) in [6, 6.07) is 17.2. The first-order valence-corrected chi connectivity index (χ1v) is 23.8. The normalized spacial score (nSPS) is 19.3. The molecule has 0 aliphatic carbocycles. The highest BCUT2D eigenvalue weighted by molar-refractivity contribution is 7.13. The van der Waals surface area contributed by atoms with Gasteiger partial charge < -0.3 is 43.7 Å². The minimum atomic E-state index is -0.865. The summed E-state index contributed by atoms with van der Waals surface area (Å²) in [5.41, 5.74) is 7.70. The molecule has 2 aliphatic rings. The van der Waals surface area contributed by atoms with Gasteiger partial charge in [0.05, 0.1) is 52.2 Å². The monoisotopic (exact) mass is 946 g/mol. The lowest BCUT2D eigenvalue weighted by Gasteiger charge is -2.33. The standard InChI is InChI=1S/C50H58N8O9S/c1-8-38(48(62)57-23-36(59)19-39(57)46(60)51-22-32-11-15-34(16-12-32)45-30(4)54-27-68-45)41-18-35(56-66-41)25-64-37-20-40(58(24-37)49(63)43(50(5,6)7)42-17-28(2)55-67-42)47(61)52-21-31-9-13-33(14-10-31)44-29(3)53-26-65-44/h9-18,26-27,36-40,43,59H,8,19-25H2,1-7H3,(H,51,60)(H,52,61)/t36-,37-,38-,39+,40+,43-/m1/s1. The molecule has 6 heterocycles. The van der Waals surface area contributed by atoms with Crippen LogP contribution >= 0.6 is 11.3 Å². The van der Waals surface area contributed by atoms with Crippen LogP contribution in [0.2, 0.25) is 0 Å². The van der Waals surface area contributed by atoms with Crippen LogP contribution in [0.25, 0.3) is 21.8 Å². The van der Waals surface area contributed by atoms with Crippen molar-refractivity contribution >= 4 is 35.0 Å². The number of nitrogens with zero attached hydrogens (tertiary/aromatic N) is 6. The highest BCUT2D eigenvalue weighted by atomic mass is 32.1.